The normalized spacial score (nSPS) is 16.1. The van der Waals surface area contributed by atoms with Gasteiger partial charge in [0.15, 0.2) is 0 Å². The van der Waals surface area contributed by atoms with E-state index in [4.69, 9.17) is 22.1 Å². The minimum absolute atomic E-state index is 0. The number of methoxy groups -OCH3 is 1. The highest BCUT2D eigenvalue weighted by Gasteiger charge is 2.32. The summed E-state index contributed by atoms with van der Waals surface area (Å²) in [6, 6.07) is 6.44. The van der Waals surface area contributed by atoms with E-state index < -0.39 is 0 Å². The van der Waals surface area contributed by atoms with Gasteiger partial charge in [-0.2, -0.15) is 0 Å². The van der Waals surface area contributed by atoms with Crippen LogP contribution in [0.2, 0.25) is 5.02 Å². The summed E-state index contributed by atoms with van der Waals surface area (Å²) in [5, 5.41) is 0.666. The fraction of sp³-hybridized carbons (Fsp3) is 0.571. The van der Waals surface area contributed by atoms with Gasteiger partial charge in [-0.25, -0.2) is 0 Å². The first-order valence-electron chi connectivity index (χ1n) is 6.38. The Hall–Kier alpha value is -0.480. The van der Waals surface area contributed by atoms with Crippen LogP contribution in [-0.2, 0) is 6.54 Å². The van der Waals surface area contributed by atoms with Gasteiger partial charge in [0.25, 0.3) is 0 Å². The third kappa shape index (κ3) is 4.25. The fourth-order valence-corrected chi connectivity index (χ4v) is 2.71. The van der Waals surface area contributed by atoms with Crippen LogP contribution in [0.3, 0.4) is 0 Å². The van der Waals surface area contributed by atoms with Gasteiger partial charge in [-0.1, -0.05) is 17.7 Å². The van der Waals surface area contributed by atoms with Crippen molar-refractivity contribution in [3.8, 4) is 5.75 Å². The molecule has 1 fully saturated rings. The van der Waals surface area contributed by atoms with Crippen LogP contribution in [0, 0.1) is 5.92 Å². The molecular formula is C14H22Cl2N2O. The number of halogens is 2. The minimum atomic E-state index is 0. The molecule has 0 spiro atoms. The van der Waals surface area contributed by atoms with Crippen LogP contribution in [0.15, 0.2) is 18.2 Å². The van der Waals surface area contributed by atoms with Gasteiger partial charge in [-0.3, -0.25) is 4.90 Å². The van der Waals surface area contributed by atoms with Gasteiger partial charge in [0.05, 0.1) is 12.1 Å². The Morgan fingerprint density at radius 3 is 2.63 bits per heavy atom. The molecule has 1 aromatic carbocycles. The Morgan fingerprint density at radius 1 is 1.47 bits per heavy atom. The van der Waals surface area contributed by atoms with Crippen molar-refractivity contribution in [2.45, 2.75) is 25.4 Å². The van der Waals surface area contributed by atoms with E-state index in [0.717, 1.165) is 24.8 Å². The molecule has 1 atom stereocenters. The number of nitrogens with two attached hydrogens (primary N) is 1. The van der Waals surface area contributed by atoms with Crippen molar-refractivity contribution in [3.05, 3.63) is 28.8 Å². The van der Waals surface area contributed by atoms with Gasteiger partial charge < -0.3 is 10.5 Å². The van der Waals surface area contributed by atoms with E-state index in [1.54, 1.807) is 7.11 Å². The number of hydrogen-bond acceptors (Lipinski definition) is 3. The third-order valence-electron chi connectivity index (χ3n) is 3.62. The van der Waals surface area contributed by atoms with Crippen molar-refractivity contribution in [1.29, 1.82) is 0 Å². The summed E-state index contributed by atoms with van der Waals surface area (Å²) in [4.78, 5) is 2.33. The van der Waals surface area contributed by atoms with Crippen molar-refractivity contribution in [2.75, 3.05) is 20.7 Å². The maximum Gasteiger partial charge on any atom is 0.137 e. The first-order valence-corrected chi connectivity index (χ1v) is 6.76. The highest BCUT2D eigenvalue weighted by molar-refractivity contribution is 6.32. The number of ether oxygens (including phenoxy) is 1. The molecule has 2 rings (SSSR count). The molecule has 0 aliphatic heterocycles. The molecule has 1 aliphatic rings. The lowest BCUT2D eigenvalue weighted by Crippen LogP contribution is -2.39. The highest BCUT2D eigenvalue weighted by Crippen LogP contribution is 2.35. The molecule has 1 saturated carbocycles. The molecule has 0 radical (unpaired) electrons. The zero-order chi connectivity index (χ0) is 13.1. The molecule has 5 heteroatoms. The molecule has 0 saturated heterocycles. The van der Waals surface area contributed by atoms with Crippen LogP contribution in [0.25, 0.3) is 0 Å². The van der Waals surface area contributed by atoms with Gasteiger partial charge in [0, 0.05) is 19.1 Å². The Bertz CT molecular complexity index is 410. The number of nitrogens with zero attached hydrogens (tertiary/aromatic N) is 1. The summed E-state index contributed by atoms with van der Waals surface area (Å²) in [5.41, 5.74) is 7.05. The lowest BCUT2D eigenvalue weighted by Gasteiger charge is -2.27. The molecule has 19 heavy (non-hydrogen) atoms. The average molecular weight is 305 g/mol. The van der Waals surface area contributed by atoms with Gasteiger partial charge in [0.1, 0.15) is 5.75 Å². The van der Waals surface area contributed by atoms with Crippen molar-refractivity contribution in [3.63, 3.8) is 0 Å². The molecule has 1 aliphatic carbocycles. The Kier molecular flexibility index (Phi) is 6.40. The number of likely N-dealkylation sites (N-methyl/N-ethyl adjacent to an activating group) is 1. The monoisotopic (exact) mass is 304 g/mol. The van der Waals surface area contributed by atoms with Crippen LogP contribution in [0.4, 0.5) is 0 Å². The quantitative estimate of drug-likeness (QED) is 0.878. The Labute approximate surface area is 126 Å². The maximum absolute atomic E-state index is 6.13. The van der Waals surface area contributed by atoms with Gasteiger partial charge in [0.2, 0.25) is 0 Å². The first-order chi connectivity index (χ1) is 8.65. The zero-order valence-corrected chi connectivity index (χ0v) is 13.0. The van der Waals surface area contributed by atoms with E-state index in [0.29, 0.717) is 11.1 Å². The van der Waals surface area contributed by atoms with E-state index in [9.17, 15) is 0 Å². The average Bonchev–Trinajstić information content (AvgIpc) is 3.15. The molecule has 2 N–H and O–H groups in total. The van der Waals surface area contributed by atoms with Gasteiger partial charge in [-0.05, 0) is 43.5 Å². The highest BCUT2D eigenvalue weighted by atomic mass is 35.5. The van der Waals surface area contributed by atoms with Crippen LogP contribution in [0.5, 0.6) is 5.75 Å². The summed E-state index contributed by atoms with van der Waals surface area (Å²) < 4.78 is 5.16. The minimum Gasteiger partial charge on any atom is -0.495 e. The summed E-state index contributed by atoms with van der Waals surface area (Å²) in [6.45, 7) is 1.60. The Morgan fingerprint density at radius 2 is 2.16 bits per heavy atom. The van der Waals surface area contributed by atoms with Crippen LogP contribution < -0.4 is 10.5 Å². The molecule has 0 aromatic heterocycles. The van der Waals surface area contributed by atoms with Crippen LogP contribution in [0.1, 0.15) is 18.4 Å². The molecule has 3 nitrogen and oxygen atoms in total. The standard InChI is InChI=1S/C14H21ClN2O.ClH/c1-17(13(8-16)11-4-5-11)9-10-3-6-14(18-2)12(15)7-10;/h3,6-7,11,13H,4-5,8-9,16H2,1-2H3;1H. The second-order valence-electron chi connectivity index (χ2n) is 5.02. The summed E-state index contributed by atoms with van der Waals surface area (Å²) in [7, 11) is 3.76. The molecule has 0 heterocycles. The predicted molar refractivity (Wildman–Crippen MR) is 82.3 cm³/mol. The smallest absolute Gasteiger partial charge is 0.137 e. The van der Waals surface area contributed by atoms with E-state index in [2.05, 4.69) is 18.0 Å². The van der Waals surface area contributed by atoms with Crippen molar-refractivity contribution < 1.29 is 4.74 Å². The number of rotatable bonds is 6. The first kappa shape index (κ1) is 16.6. The summed E-state index contributed by atoms with van der Waals surface area (Å²) in [5.74, 6) is 1.51. The van der Waals surface area contributed by atoms with Crippen LogP contribution >= 0.6 is 24.0 Å². The summed E-state index contributed by atoms with van der Waals surface area (Å²) in [6.07, 6.45) is 2.63. The second kappa shape index (κ2) is 7.34. The maximum atomic E-state index is 6.13. The second-order valence-corrected chi connectivity index (χ2v) is 5.43. The summed E-state index contributed by atoms with van der Waals surface area (Å²) >= 11 is 6.13. The molecule has 1 unspecified atom stereocenters. The van der Waals surface area contributed by atoms with Crippen LogP contribution in [-0.4, -0.2) is 31.6 Å². The van der Waals surface area contributed by atoms with Gasteiger partial charge >= 0.3 is 0 Å². The lowest BCUT2D eigenvalue weighted by atomic mass is 10.1. The van der Waals surface area contributed by atoms with Crippen molar-refractivity contribution in [2.24, 2.45) is 11.7 Å². The topological polar surface area (TPSA) is 38.5 Å². The molecular weight excluding hydrogens is 283 g/mol. The predicted octanol–water partition coefficient (Wildman–Crippen LogP) is 2.94. The molecule has 0 amide bonds. The van der Waals surface area contributed by atoms with E-state index in [1.165, 1.54) is 18.4 Å². The van der Waals surface area contributed by atoms with E-state index >= 15 is 0 Å². The molecule has 1 aromatic rings. The SMILES string of the molecule is COc1ccc(CN(C)C(CN)C2CC2)cc1Cl.Cl. The molecule has 0 bridgehead atoms. The van der Waals surface area contributed by atoms with Crippen molar-refractivity contribution in [1.82, 2.24) is 4.90 Å². The molecule has 108 valence electrons. The zero-order valence-electron chi connectivity index (χ0n) is 11.4. The third-order valence-corrected chi connectivity index (χ3v) is 3.92. The van der Waals surface area contributed by atoms with Gasteiger partial charge in [-0.15, -0.1) is 12.4 Å². The Balaban J connectivity index is 0.00000180. The van der Waals surface area contributed by atoms with E-state index in [-0.39, 0.29) is 12.4 Å². The lowest BCUT2D eigenvalue weighted by molar-refractivity contribution is 0.215. The number of benzene rings is 1. The number of hydrogen-bond donors (Lipinski definition) is 1. The van der Waals surface area contributed by atoms with E-state index in [1.807, 2.05) is 12.1 Å². The fourth-order valence-electron chi connectivity index (χ4n) is 2.43. The van der Waals surface area contributed by atoms with Crippen molar-refractivity contribution >= 4 is 24.0 Å². The largest absolute Gasteiger partial charge is 0.495 e.